The van der Waals surface area contributed by atoms with Crippen molar-refractivity contribution < 1.29 is 22.3 Å². The van der Waals surface area contributed by atoms with Gasteiger partial charge in [0.25, 0.3) is 5.89 Å². The number of halogens is 1. The third-order valence-corrected chi connectivity index (χ3v) is 6.61. The van der Waals surface area contributed by atoms with E-state index in [1.165, 1.54) is 16.4 Å². The molecule has 1 aliphatic heterocycles. The highest BCUT2D eigenvalue weighted by Gasteiger charge is 2.26. The predicted molar refractivity (Wildman–Crippen MR) is 105 cm³/mol. The first-order chi connectivity index (χ1) is 14.0. The number of morpholine rings is 1. The van der Waals surface area contributed by atoms with E-state index in [4.69, 9.17) is 25.5 Å². The Morgan fingerprint density at radius 2 is 1.76 bits per heavy atom. The molecule has 1 aromatic heterocycles. The van der Waals surface area contributed by atoms with Gasteiger partial charge in [-0.3, -0.25) is 0 Å². The van der Waals surface area contributed by atoms with Crippen molar-refractivity contribution in [1.29, 1.82) is 0 Å². The van der Waals surface area contributed by atoms with Crippen molar-refractivity contribution in [1.82, 2.24) is 14.5 Å². The molecule has 10 heteroatoms. The highest BCUT2D eigenvalue weighted by molar-refractivity contribution is 7.89. The number of nitrogens with zero attached hydrogens (tertiary/aromatic N) is 3. The van der Waals surface area contributed by atoms with Crippen LogP contribution in [-0.2, 0) is 21.4 Å². The standard InChI is InChI=1S/C19H18ClN3O5S/c20-17-4-2-1-3-16(17)19-22-21-18(28-19)13-27-14-5-7-15(8-6-14)29(24,25)23-9-11-26-12-10-23/h1-8H,9-13H2. The second-order valence-electron chi connectivity index (χ2n) is 6.26. The van der Waals surface area contributed by atoms with Crippen molar-refractivity contribution in [2.75, 3.05) is 26.3 Å². The van der Waals surface area contributed by atoms with Gasteiger partial charge < -0.3 is 13.9 Å². The molecule has 3 aromatic rings. The average Bonchev–Trinajstić information content (AvgIpc) is 3.22. The Morgan fingerprint density at radius 3 is 2.48 bits per heavy atom. The van der Waals surface area contributed by atoms with Gasteiger partial charge in [0.1, 0.15) is 5.75 Å². The normalized spacial score (nSPS) is 15.3. The summed E-state index contributed by atoms with van der Waals surface area (Å²) in [6.45, 7) is 1.56. The zero-order valence-corrected chi connectivity index (χ0v) is 16.9. The summed E-state index contributed by atoms with van der Waals surface area (Å²) in [6, 6.07) is 13.4. The fourth-order valence-corrected chi connectivity index (χ4v) is 4.47. The number of aromatic nitrogens is 2. The molecule has 152 valence electrons. The van der Waals surface area contributed by atoms with E-state index in [-0.39, 0.29) is 17.4 Å². The lowest BCUT2D eigenvalue weighted by atomic mass is 10.2. The van der Waals surface area contributed by atoms with Gasteiger partial charge >= 0.3 is 0 Å². The monoisotopic (exact) mass is 435 g/mol. The number of sulfonamides is 1. The number of ether oxygens (including phenoxy) is 2. The van der Waals surface area contributed by atoms with E-state index in [0.29, 0.717) is 48.5 Å². The fraction of sp³-hybridized carbons (Fsp3) is 0.263. The molecule has 8 nitrogen and oxygen atoms in total. The second-order valence-corrected chi connectivity index (χ2v) is 8.60. The van der Waals surface area contributed by atoms with Crippen molar-refractivity contribution in [2.24, 2.45) is 0 Å². The summed E-state index contributed by atoms with van der Waals surface area (Å²) >= 11 is 6.13. The summed E-state index contributed by atoms with van der Waals surface area (Å²) in [5.74, 6) is 1.08. The quantitative estimate of drug-likeness (QED) is 0.587. The van der Waals surface area contributed by atoms with Crippen molar-refractivity contribution in [3.8, 4) is 17.2 Å². The lowest BCUT2D eigenvalue weighted by molar-refractivity contribution is 0.0730. The van der Waals surface area contributed by atoms with Crippen LogP contribution in [0.3, 0.4) is 0 Å². The molecule has 2 heterocycles. The fourth-order valence-electron chi connectivity index (χ4n) is 2.84. The molecule has 0 spiro atoms. The predicted octanol–water partition coefficient (Wildman–Crippen LogP) is 2.99. The molecule has 29 heavy (non-hydrogen) atoms. The first-order valence-electron chi connectivity index (χ1n) is 8.92. The minimum atomic E-state index is -3.53. The zero-order chi connectivity index (χ0) is 20.3. The van der Waals surface area contributed by atoms with Gasteiger partial charge in [-0.15, -0.1) is 10.2 Å². The Morgan fingerprint density at radius 1 is 1.03 bits per heavy atom. The molecular weight excluding hydrogens is 418 g/mol. The topological polar surface area (TPSA) is 94.8 Å². The van der Waals surface area contributed by atoms with Crippen molar-refractivity contribution in [3.63, 3.8) is 0 Å². The van der Waals surface area contributed by atoms with E-state index in [1.54, 1.807) is 24.3 Å². The number of rotatable bonds is 6. The Kier molecular flexibility index (Phi) is 5.81. The molecule has 0 amide bonds. The molecule has 0 saturated carbocycles. The molecule has 0 aliphatic carbocycles. The smallest absolute Gasteiger partial charge is 0.254 e. The van der Waals surface area contributed by atoms with E-state index in [9.17, 15) is 8.42 Å². The van der Waals surface area contributed by atoms with Crippen LogP contribution in [0.1, 0.15) is 5.89 Å². The van der Waals surface area contributed by atoms with Gasteiger partial charge in [-0.1, -0.05) is 23.7 Å². The molecule has 0 N–H and O–H groups in total. The van der Waals surface area contributed by atoms with Crippen LogP contribution in [0.5, 0.6) is 5.75 Å². The Labute approximate surface area is 173 Å². The van der Waals surface area contributed by atoms with Gasteiger partial charge in [0.05, 0.1) is 28.7 Å². The maximum Gasteiger partial charge on any atom is 0.254 e. The molecule has 1 saturated heterocycles. The summed E-state index contributed by atoms with van der Waals surface area (Å²) in [7, 11) is -3.53. The van der Waals surface area contributed by atoms with E-state index in [0.717, 1.165) is 0 Å². The molecule has 2 aromatic carbocycles. The van der Waals surface area contributed by atoms with Gasteiger partial charge in [-0.2, -0.15) is 4.31 Å². The van der Waals surface area contributed by atoms with E-state index < -0.39 is 10.0 Å². The second kappa shape index (κ2) is 8.50. The average molecular weight is 436 g/mol. The highest BCUT2D eigenvalue weighted by Crippen LogP contribution is 2.26. The molecule has 0 atom stereocenters. The van der Waals surface area contributed by atoms with Gasteiger partial charge in [-0.05, 0) is 36.4 Å². The van der Waals surface area contributed by atoms with Crippen LogP contribution in [0, 0.1) is 0 Å². The van der Waals surface area contributed by atoms with Gasteiger partial charge in [0, 0.05) is 13.1 Å². The third-order valence-electron chi connectivity index (χ3n) is 4.36. The molecule has 1 fully saturated rings. The van der Waals surface area contributed by atoms with Crippen LogP contribution >= 0.6 is 11.6 Å². The Balaban J connectivity index is 1.40. The molecule has 0 unspecified atom stereocenters. The molecule has 4 rings (SSSR count). The number of hydrogen-bond acceptors (Lipinski definition) is 7. The zero-order valence-electron chi connectivity index (χ0n) is 15.3. The summed E-state index contributed by atoms with van der Waals surface area (Å²) in [4.78, 5) is 0.213. The lowest BCUT2D eigenvalue weighted by Crippen LogP contribution is -2.40. The first-order valence-corrected chi connectivity index (χ1v) is 10.7. The van der Waals surface area contributed by atoms with Crippen molar-refractivity contribution in [2.45, 2.75) is 11.5 Å². The van der Waals surface area contributed by atoms with E-state index in [2.05, 4.69) is 10.2 Å². The summed E-state index contributed by atoms with van der Waals surface area (Å²) < 4.78 is 43.1. The van der Waals surface area contributed by atoms with Crippen molar-refractivity contribution >= 4 is 21.6 Å². The van der Waals surface area contributed by atoms with E-state index in [1.807, 2.05) is 12.1 Å². The summed E-state index contributed by atoms with van der Waals surface area (Å²) in [6.07, 6.45) is 0. The summed E-state index contributed by atoms with van der Waals surface area (Å²) in [5.41, 5.74) is 0.644. The summed E-state index contributed by atoms with van der Waals surface area (Å²) in [5, 5.41) is 8.45. The largest absolute Gasteiger partial charge is 0.484 e. The minimum absolute atomic E-state index is 0.0486. The van der Waals surface area contributed by atoms with Crippen LogP contribution in [0.4, 0.5) is 0 Å². The van der Waals surface area contributed by atoms with Gasteiger partial charge in [0.15, 0.2) is 6.61 Å². The molecule has 0 radical (unpaired) electrons. The lowest BCUT2D eigenvalue weighted by Gasteiger charge is -2.26. The van der Waals surface area contributed by atoms with Crippen LogP contribution in [0.2, 0.25) is 5.02 Å². The Hall–Kier alpha value is -2.46. The van der Waals surface area contributed by atoms with Crippen molar-refractivity contribution in [3.05, 3.63) is 59.4 Å². The van der Waals surface area contributed by atoms with Crippen LogP contribution in [0.15, 0.2) is 57.8 Å². The Bertz CT molecular complexity index is 1080. The number of benzene rings is 2. The van der Waals surface area contributed by atoms with Gasteiger partial charge in [-0.25, -0.2) is 8.42 Å². The SMILES string of the molecule is O=S(=O)(c1ccc(OCc2nnc(-c3ccccc3Cl)o2)cc1)N1CCOCC1. The maximum absolute atomic E-state index is 12.6. The molecule has 0 bridgehead atoms. The third kappa shape index (κ3) is 4.43. The van der Waals surface area contributed by atoms with Gasteiger partial charge in [0.2, 0.25) is 15.9 Å². The number of hydrogen-bond donors (Lipinski definition) is 0. The van der Waals surface area contributed by atoms with Crippen LogP contribution < -0.4 is 4.74 Å². The first kappa shape index (κ1) is 19.8. The minimum Gasteiger partial charge on any atom is -0.484 e. The molecular formula is C19H18ClN3O5S. The molecule has 1 aliphatic rings. The van der Waals surface area contributed by atoms with E-state index >= 15 is 0 Å². The highest BCUT2D eigenvalue weighted by atomic mass is 35.5. The van der Waals surface area contributed by atoms with Crippen LogP contribution in [-0.4, -0.2) is 49.2 Å². The van der Waals surface area contributed by atoms with Crippen LogP contribution in [0.25, 0.3) is 11.5 Å². The maximum atomic E-state index is 12.6.